The van der Waals surface area contributed by atoms with Crippen LogP contribution in [0.15, 0.2) is 84.2 Å². The van der Waals surface area contributed by atoms with Crippen LogP contribution < -0.4 is 5.43 Å². The van der Waals surface area contributed by atoms with Crippen LogP contribution in [0.25, 0.3) is 6.08 Å². The van der Waals surface area contributed by atoms with Gasteiger partial charge in [-0.05, 0) is 42.3 Å². The molecular weight excluding hydrogens is 324 g/mol. The van der Waals surface area contributed by atoms with Crippen LogP contribution in [0.2, 0.25) is 0 Å². The van der Waals surface area contributed by atoms with E-state index in [9.17, 15) is 4.79 Å². The van der Waals surface area contributed by atoms with E-state index in [-0.39, 0.29) is 5.91 Å². The van der Waals surface area contributed by atoms with Gasteiger partial charge in [-0.3, -0.25) is 9.48 Å². The molecular formula is C21H20N4O. The highest BCUT2D eigenvalue weighted by molar-refractivity contribution is 5.99. The van der Waals surface area contributed by atoms with Crippen molar-refractivity contribution in [3.8, 4) is 0 Å². The van der Waals surface area contributed by atoms with Gasteiger partial charge in [0, 0.05) is 18.0 Å². The zero-order chi connectivity index (χ0) is 18.2. The summed E-state index contributed by atoms with van der Waals surface area (Å²) in [5.74, 6) is -0.236. The van der Waals surface area contributed by atoms with Crippen LogP contribution in [0.4, 0.5) is 0 Å². The van der Waals surface area contributed by atoms with Crippen molar-refractivity contribution in [3.63, 3.8) is 0 Å². The number of aromatic nitrogens is 2. The van der Waals surface area contributed by atoms with E-state index in [0.29, 0.717) is 12.1 Å². The van der Waals surface area contributed by atoms with E-state index in [4.69, 9.17) is 0 Å². The van der Waals surface area contributed by atoms with Crippen molar-refractivity contribution in [2.45, 2.75) is 13.5 Å². The van der Waals surface area contributed by atoms with Gasteiger partial charge in [0.2, 0.25) is 0 Å². The number of nitrogens with zero attached hydrogens (tertiary/aromatic N) is 3. The molecule has 5 heteroatoms. The number of amides is 1. The van der Waals surface area contributed by atoms with E-state index in [0.717, 1.165) is 16.8 Å². The van der Waals surface area contributed by atoms with Gasteiger partial charge in [-0.1, -0.05) is 48.5 Å². The maximum atomic E-state index is 12.3. The van der Waals surface area contributed by atoms with Crippen LogP contribution in [-0.2, 0) is 6.54 Å². The van der Waals surface area contributed by atoms with Crippen LogP contribution >= 0.6 is 0 Å². The summed E-state index contributed by atoms with van der Waals surface area (Å²) in [6.45, 7) is 2.46. The van der Waals surface area contributed by atoms with Crippen LogP contribution in [0, 0.1) is 0 Å². The highest BCUT2D eigenvalue weighted by Crippen LogP contribution is 2.07. The standard InChI is InChI=1S/C21H20N4O/c1-17(11-12-18-7-3-2-4-8-18)23-24-21(26)20-10-5-9-19(15-20)16-25-14-6-13-22-25/h2-15H,16H2,1H3,(H,24,26). The first-order chi connectivity index (χ1) is 12.7. The number of benzene rings is 2. The second kappa shape index (κ2) is 8.58. The van der Waals surface area contributed by atoms with Crippen LogP contribution in [-0.4, -0.2) is 21.4 Å². The van der Waals surface area contributed by atoms with E-state index in [1.165, 1.54) is 0 Å². The van der Waals surface area contributed by atoms with Gasteiger partial charge in [0.1, 0.15) is 0 Å². The Morgan fingerprint density at radius 2 is 2.00 bits per heavy atom. The van der Waals surface area contributed by atoms with Crippen LogP contribution in [0.1, 0.15) is 28.4 Å². The van der Waals surface area contributed by atoms with E-state index < -0.39 is 0 Å². The first-order valence-electron chi connectivity index (χ1n) is 8.35. The fraction of sp³-hybridized carbons (Fsp3) is 0.0952. The lowest BCUT2D eigenvalue weighted by atomic mass is 10.1. The molecule has 0 saturated carbocycles. The summed E-state index contributed by atoms with van der Waals surface area (Å²) in [5, 5.41) is 8.31. The summed E-state index contributed by atoms with van der Waals surface area (Å²) in [5.41, 5.74) is 5.97. The Morgan fingerprint density at radius 1 is 1.15 bits per heavy atom. The molecule has 0 fully saturated rings. The number of hydrazone groups is 1. The van der Waals surface area contributed by atoms with Crippen molar-refractivity contribution in [2.24, 2.45) is 5.10 Å². The summed E-state index contributed by atoms with van der Waals surface area (Å²) in [7, 11) is 0. The minimum absolute atomic E-state index is 0.236. The Morgan fingerprint density at radius 3 is 2.77 bits per heavy atom. The second-order valence-electron chi connectivity index (χ2n) is 5.84. The first-order valence-corrected chi connectivity index (χ1v) is 8.35. The van der Waals surface area contributed by atoms with E-state index >= 15 is 0 Å². The predicted octanol–water partition coefficient (Wildman–Crippen LogP) is 3.75. The molecule has 0 bridgehead atoms. The van der Waals surface area contributed by atoms with E-state index in [2.05, 4.69) is 15.6 Å². The van der Waals surface area contributed by atoms with Crippen LogP contribution in [0.3, 0.4) is 0 Å². The lowest BCUT2D eigenvalue weighted by Gasteiger charge is -2.05. The average molecular weight is 344 g/mol. The molecule has 1 N–H and O–H groups in total. The monoisotopic (exact) mass is 344 g/mol. The van der Waals surface area contributed by atoms with Crippen molar-refractivity contribution in [1.29, 1.82) is 0 Å². The fourth-order valence-electron chi connectivity index (χ4n) is 2.41. The Kier molecular flexibility index (Phi) is 5.72. The average Bonchev–Trinajstić information content (AvgIpc) is 3.18. The molecule has 0 radical (unpaired) electrons. The van der Waals surface area contributed by atoms with Gasteiger partial charge < -0.3 is 0 Å². The highest BCUT2D eigenvalue weighted by Gasteiger charge is 2.05. The number of allylic oxidation sites excluding steroid dienone is 1. The predicted molar refractivity (Wildman–Crippen MR) is 104 cm³/mol. The maximum Gasteiger partial charge on any atom is 0.271 e. The summed E-state index contributed by atoms with van der Waals surface area (Å²) in [6.07, 6.45) is 7.44. The normalized spacial score (nSPS) is 11.7. The minimum atomic E-state index is -0.236. The van der Waals surface area contributed by atoms with Crippen molar-refractivity contribution < 1.29 is 4.79 Å². The lowest BCUT2D eigenvalue weighted by molar-refractivity contribution is 0.0954. The Labute approximate surface area is 152 Å². The molecule has 0 atom stereocenters. The molecule has 1 aromatic heterocycles. The number of rotatable bonds is 6. The molecule has 0 aliphatic heterocycles. The van der Waals surface area contributed by atoms with Gasteiger partial charge in [-0.15, -0.1) is 0 Å². The quantitative estimate of drug-likeness (QED) is 0.547. The third-order valence-corrected chi connectivity index (χ3v) is 3.74. The SMILES string of the molecule is CC(C=Cc1ccccc1)=NNC(=O)c1cccc(Cn2cccn2)c1. The van der Waals surface area contributed by atoms with Gasteiger partial charge in [0.25, 0.3) is 5.91 Å². The molecule has 26 heavy (non-hydrogen) atoms. The third-order valence-electron chi connectivity index (χ3n) is 3.74. The zero-order valence-electron chi connectivity index (χ0n) is 14.5. The van der Waals surface area contributed by atoms with Crippen molar-refractivity contribution >= 4 is 17.7 Å². The first kappa shape index (κ1) is 17.4. The number of nitrogens with one attached hydrogen (secondary N) is 1. The molecule has 0 unspecified atom stereocenters. The Balaban J connectivity index is 1.61. The number of hydrogen-bond acceptors (Lipinski definition) is 3. The van der Waals surface area contributed by atoms with Gasteiger partial charge in [0.15, 0.2) is 0 Å². The highest BCUT2D eigenvalue weighted by atomic mass is 16.2. The van der Waals surface area contributed by atoms with Gasteiger partial charge in [0.05, 0.1) is 12.3 Å². The van der Waals surface area contributed by atoms with Crippen molar-refractivity contribution in [3.05, 3.63) is 95.8 Å². The smallest absolute Gasteiger partial charge is 0.268 e. The number of carbonyl (C=O) groups excluding carboxylic acids is 1. The topological polar surface area (TPSA) is 59.3 Å². The molecule has 3 rings (SSSR count). The summed E-state index contributed by atoms with van der Waals surface area (Å²) < 4.78 is 1.81. The fourth-order valence-corrected chi connectivity index (χ4v) is 2.41. The maximum absolute atomic E-state index is 12.3. The second-order valence-corrected chi connectivity index (χ2v) is 5.84. The molecule has 1 heterocycles. The molecule has 1 amide bonds. The number of carbonyl (C=O) groups is 1. The van der Waals surface area contributed by atoms with E-state index in [1.807, 2.05) is 84.6 Å². The molecule has 0 aliphatic rings. The van der Waals surface area contributed by atoms with Gasteiger partial charge >= 0.3 is 0 Å². The van der Waals surface area contributed by atoms with E-state index in [1.54, 1.807) is 12.3 Å². The molecule has 2 aromatic carbocycles. The third kappa shape index (κ3) is 5.01. The number of hydrogen-bond donors (Lipinski definition) is 1. The molecule has 0 spiro atoms. The summed E-state index contributed by atoms with van der Waals surface area (Å²) in [4.78, 5) is 12.3. The minimum Gasteiger partial charge on any atom is -0.268 e. The van der Waals surface area contributed by atoms with Gasteiger partial charge in [-0.25, -0.2) is 5.43 Å². The molecule has 0 saturated heterocycles. The Hall–Kier alpha value is -3.47. The molecule has 3 aromatic rings. The molecule has 130 valence electrons. The summed E-state index contributed by atoms with van der Waals surface area (Å²) in [6, 6.07) is 19.3. The lowest BCUT2D eigenvalue weighted by Crippen LogP contribution is -2.19. The van der Waals surface area contributed by atoms with Crippen molar-refractivity contribution in [2.75, 3.05) is 0 Å². The Bertz CT molecular complexity index is 912. The van der Waals surface area contributed by atoms with Crippen LogP contribution in [0.5, 0.6) is 0 Å². The largest absolute Gasteiger partial charge is 0.271 e. The molecule has 5 nitrogen and oxygen atoms in total. The zero-order valence-corrected chi connectivity index (χ0v) is 14.5. The summed E-state index contributed by atoms with van der Waals surface area (Å²) >= 11 is 0. The molecule has 0 aliphatic carbocycles. The van der Waals surface area contributed by atoms with Crippen molar-refractivity contribution in [1.82, 2.24) is 15.2 Å². The van der Waals surface area contributed by atoms with Gasteiger partial charge in [-0.2, -0.15) is 10.2 Å².